The van der Waals surface area contributed by atoms with Crippen LogP contribution >= 0.6 is 0 Å². The summed E-state index contributed by atoms with van der Waals surface area (Å²) in [6, 6.07) is 6.50. The highest BCUT2D eigenvalue weighted by molar-refractivity contribution is 5.35. The van der Waals surface area contributed by atoms with Gasteiger partial charge in [0.1, 0.15) is 0 Å². The summed E-state index contributed by atoms with van der Waals surface area (Å²) >= 11 is 0. The number of non-ortho nitro benzene ring substituents is 1. The highest BCUT2D eigenvalue weighted by atomic mass is 16.6. The lowest BCUT2D eigenvalue weighted by Gasteiger charge is -2.11. The molecule has 0 bridgehead atoms. The normalized spacial score (nSPS) is 12.4. The van der Waals surface area contributed by atoms with E-state index in [1.165, 1.54) is 6.07 Å². The average molecular weight is 222 g/mol. The second-order valence-corrected chi connectivity index (χ2v) is 3.95. The largest absolute Gasteiger partial charge is 0.324 e. The molecule has 4 nitrogen and oxygen atoms in total. The van der Waals surface area contributed by atoms with E-state index in [1.807, 2.05) is 6.07 Å². The summed E-state index contributed by atoms with van der Waals surface area (Å²) in [5.41, 5.74) is 6.95. The van der Waals surface area contributed by atoms with E-state index in [9.17, 15) is 10.1 Å². The van der Waals surface area contributed by atoms with Gasteiger partial charge in [-0.3, -0.25) is 10.1 Å². The Morgan fingerprint density at radius 3 is 2.81 bits per heavy atom. The first-order chi connectivity index (χ1) is 7.65. The van der Waals surface area contributed by atoms with E-state index in [0.717, 1.165) is 31.2 Å². The predicted octanol–water partition coefficient (Wildman–Crippen LogP) is 3.17. The molecular weight excluding hydrogens is 204 g/mol. The number of nitro benzene ring substituents is 1. The summed E-state index contributed by atoms with van der Waals surface area (Å²) in [4.78, 5) is 10.2. The van der Waals surface area contributed by atoms with E-state index in [1.54, 1.807) is 12.1 Å². The molecule has 1 aromatic carbocycles. The average Bonchev–Trinajstić information content (AvgIpc) is 2.29. The van der Waals surface area contributed by atoms with Crippen LogP contribution in [0.4, 0.5) is 5.69 Å². The third-order valence-corrected chi connectivity index (χ3v) is 2.63. The van der Waals surface area contributed by atoms with Crippen LogP contribution in [0.1, 0.15) is 44.2 Å². The van der Waals surface area contributed by atoms with Gasteiger partial charge in [-0.25, -0.2) is 0 Å². The van der Waals surface area contributed by atoms with Crippen LogP contribution in [0.25, 0.3) is 0 Å². The van der Waals surface area contributed by atoms with Crippen LogP contribution in [0.3, 0.4) is 0 Å². The highest BCUT2D eigenvalue weighted by Gasteiger charge is 2.10. The zero-order valence-corrected chi connectivity index (χ0v) is 9.56. The van der Waals surface area contributed by atoms with Crippen LogP contribution in [0.5, 0.6) is 0 Å². The van der Waals surface area contributed by atoms with Crippen molar-refractivity contribution in [2.75, 3.05) is 0 Å². The monoisotopic (exact) mass is 222 g/mol. The summed E-state index contributed by atoms with van der Waals surface area (Å²) in [7, 11) is 0. The SMILES string of the molecule is CCCCC[C@@H](N)c1cccc([N+](=O)[O-])c1. The molecule has 0 saturated carbocycles. The molecule has 0 radical (unpaired) electrons. The summed E-state index contributed by atoms with van der Waals surface area (Å²) < 4.78 is 0. The Morgan fingerprint density at radius 1 is 1.44 bits per heavy atom. The fourth-order valence-corrected chi connectivity index (χ4v) is 1.65. The van der Waals surface area contributed by atoms with Crippen LogP contribution in [0, 0.1) is 10.1 Å². The number of nitrogens with two attached hydrogens (primary N) is 1. The first-order valence-electron chi connectivity index (χ1n) is 5.65. The van der Waals surface area contributed by atoms with Gasteiger partial charge in [-0.2, -0.15) is 0 Å². The number of nitro groups is 1. The maximum Gasteiger partial charge on any atom is 0.269 e. The molecule has 16 heavy (non-hydrogen) atoms. The first-order valence-corrected chi connectivity index (χ1v) is 5.65. The van der Waals surface area contributed by atoms with E-state index in [-0.39, 0.29) is 16.7 Å². The summed E-state index contributed by atoms with van der Waals surface area (Å²) in [6.45, 7) is 2.14. The molecular formula is C12H18N2O2. The van der Waals surface area contributed by atoms with Crippen molar-refractivity contribution in [2.24, 2.45) is 5.73 Å². The number of hydrogen-bond donors (Lipinski definition) is 1. The summed E-state index contributed by atoms with van der Waals surface area (Å²) in [6.07, 6.45) is 4.26. The minimum atomic E-state index is -0.387. The van der Waals surface area contributed by atoms with E-state index >= 15 is 0 Å². The van der Waals surface area contributed by atoms with E-state index < -0.39 is 0 Å². The van der Waals surface area contributed by atoms with E-state index in [0.29, 0.717) is 0 Å². The van der Waals surface area contributed by atoms with Crippen molar-refractivity contribution in [3.63, 3.8) is 0 Å². The number of benzene rings is 1. The Balaban J connectivity index is 2.64. The summed E-state index contributed by atoms with van der Waals surface area (Å²) in [5.74, 6) is 0. The van der Waals surface area contributed by atoms with Gasteiger partial charge in [-0.05, 0) is 12.0 Å². The fourth-order valence-electron chi connectivity index (χ4n) is 1.65. The lowest BCUT2D eigenvalue weighted by atomic mass is 10.0. The van der Waals surface area contributed by atoms with Crippen LogP contribution < -0.4 is 5.73 Å². The van der Waals surface area contributed by atoms with Crippen LogP contribution in [0.2, 0.25) is 0 Å². The number of nitrogens with zero attached hydrogens (tertiary/aromatic N) is 1. The molecule has 4 heteroatoms. The smallest absolute Gasteiger partial charge is 0.269 e. The Bertz CT molecular complexity index is 353. The van der Waals surface area contributed by atoms with Crippen molar-refractivity contribution in [1.82, 2.24) is 0 Å². The van der Waals surface area contributed by atoms with Crippen LogP contribution in [-0.4, -0.2) is 4.92 Å². The lowest BCUT2D eigenvalue weighted by Crippen LogP contribution is -2.10. The minimum absolute atomic E-state index is 0.0913. The minimum Gasteiger partial charge on any atom is -0.324 e. The third-order valence-electron chi connectivity index (χ3n) is 2.63. The number of hydrogen-bond acceptors (Lipinski definition) is 3. The van der Waals surface area contributed by atoms with Crippen molar-refractivity contribution in [2.45, 2.75) is 38.6 Å². The number of rotatable bonds is 6. The maximum absolute atomic E-state index is 10.6. The molecule has 1 aromatic rings. The molecule has 0 amide bonds. The first kappa shape index (κ1) is 12.6. The third kappa shape index (κ3) is 3.62. The molecule has 0 unspecified atom stereocenters. The molecule has 0 aromatic heterocycles. The van der Waals surface area contributed by atoms with Crippen molar-refractivity contribution >= 4 is 5.69 Å². The number of unbranched alkanes of at least 4 members (excludes halogenated alkanes) is 2. The van der Waals surface area contributed by atoms with Gasteiger partial charge in [0.25, 0.3) is 5.69 Å². The topological polar surface area (TPSA) is 69.2 Å². The zero-order valence-electron chi connectivity index (χ0n) is 9.56. The summed E-state index contributed by atoms with van der Waals surface area (Å²) in [5, 5.41) is 10.6. The predicted molar refractivity (Wildman–Crippen MR) is 64.2 cm³/mol. The molecule has 0 aliphatic carbocycles. The molecule has 88 valence electrons. The molecule has 0 aliphatic heterocycles. The van der Waals surface area contributed by atoms with E-state index in [4.69, 9.17) is 5.73 Å². The van der Waals surface area contributed by atoms with Gasteiger partial charge in [0, 0.05) is 18.2 Å². The quantitative estimate of drug-likeness (QED) is 0.456. The van der Waals surface area contributed by atoms with Crippen LogP contribution in [-0.2, 0) is 0 Å². The van der Waals surface area contributed by atoms with Gasteiger partial charge in [0.15, 0.2) is 0 Å². The van der Waals surface area contributed by atoms with Crippen molar-refractivity contribution in [1.29, 1.82) is 0 Å². The van der Waals surface area contributed by atoms with Crippen molar-refractivity contribution < 1.29 is 4.92 Å². The van der Waals surface area contributed by atoms with Crippen molar-refractivity contribution in [3.8, 4) is 0 Å². The van der Waals surface area contributed by atoms with Gasteiger partial charge in [0.2, 0.25) is 0 Å². The molecule has 0 fully saturated rings. The highest BCUT2D eigenvalue weighted by Crippen LogP contribution is 2.21. The fraction of sp³-hybridized carbons (Fsp3) is 0.500. The van der Waals surface area contributed by atoms with Crippen LogP contribution in [0.15, 0.2) is 24.3 Å². The second kappa shape index (κ2) is 6.23. The molecule has 0 aliphatic rings. The standard InChI is InChI=1S/C12H18N2O2/c1-2-3-4-8-12(13)10-6-5-7-11(9-10)14(15)16/h5-7,9,12H,2-4,8,13H2,1H3/t12-/m1/s1. The Morgan fingerprint density at radius 2 is 2.19 bits per heavy atom. The second-order valence-electron chi connectivity index (χ2n) is 3.95. The Kier molecular flexibility index (Phi) is 4.92. The lowest BCUT2D eigenvalue weighted by molar-refractivity contribution is -0.384. The van der Waals surface area contributed by atoms with E-state index in [2.05, 4.69) is 6.92 Å². The van der Waals surface area contributed by atoms with Crippen molar-refractivity contribution in [3.05, 3.63) is 39.9 Å². The van der Waals surface area contributed by atoms with Gasteiger partial charge in [-0.15, -0.1) is 0 Å². The molecule has 1 atom stereocenters. The van der Waals surface area contributed by atoms with Gasteiger partial charge < -0.3 is 5.73 Å². The van der Waals surface area contributed by atoms with Gasteiger partial charge >= 0.3 is 0 Å². The zero-order chi connectivity index (χ0) is 12.0. The molecule has 2 N–H and O–H groups in total. The molecule has 0 spiro atoms. The van der Waals surface area contributed by atoms with Gasteiger partial charge in [-0.1, -0.05) is 38.3 Å². The van der Waals surface area contributed by atoms with Gasteiger partial charge in [0.05, 0.1) is 4.92 Å². The molecule has 0 saturated heterocycles. The molecule has 1 rings (SSSR count). The Hall–Kier alpha value is -1.42. The maximum atomic E-state index is 10.6. The molecule has 0 heterocycles. The Labute approximate surface area is 95.6 Å².